The first-order chi connectivity index (χ1) is 14.5. The molecule has 2 heterocycles. The first-order valence-corrected chi connectivity index (χ1v) is 10.5. The fourth-order valence-corrected chi connectivity index (χ4v) is 4.12. The fourth-order valence-electron chi connectivity index (χ4n) is 4.12. The van der Waals surface area contributed by atoms with E-state index in [4.69, 9.17) is 0 Å². The van der Waals surface area contributed by atoms with Crippen LogP contribution < -0.4 is 4.90 Å². The SMILES string of the molecule is Cc1cnnc(-c2ccc(C(=O)N(C)CC3CCN(c4ccccc4)C3)cc2)c1C. The number of anilines is 1. The van der Waals surface area contributed by atoms with Crippen molar-refractivity contribution < 1.29 is 4.79 Å². The summed E-state index contributed by atoms with van der Waals surface area (Å²) in [6, 6.07) is 18.2. The quantitative estimate of drug-likeness (QED) is 0.639. The normalized spacial score (nSPS) is 16.0. The van der Waals surface area contributed by atoms with Gasteiger partial charge in [0.05, 0.1) is 11.9 Å². The standard InChI is InChI=1S/C25H28N4O/c1-18-15-26-27-24(19(18)2)21-9-11-22(12-10-21)25(30)28(3)16-20-13-14-29(17-20)23-7-5-4-6-8-23/h4-12,15,20H,13-14,16-17H2,1-3H3. The number of carbonyl (C=O) groups is 1. The van der Waals surface area contributed by atoms with Gasteiger partial charge in [0.15, 0.2) is 0 Å². The molecule has 5 heteroatoms. The van der Waals surface area contributed by atoms with E-state index in [1.807, 2.05) is 56.1 Å². The maximum absolute atomic E-state index is 12.9. The summed E-state index contributed by atoms with van der Waals surface area (Å²) in [5.41, 5.74) is 6.05. The molecule has 1 aromatic heterocycles. The highest BCUT2D eigenvalue weighted by atomic mass is 16.2. The molecule has 4 rings (SSSR count). The molecule has 1 aliphatic heterocycles. The van der Waals surface area contributed by atoms with Crippen molar-refractivity contribution in [2.45, 2.75) is 20.3 Å². The lowest BCUT2D eigenvalue weighted by molar-refractivity contribution is 0.0776. The minimum atomic E-state index is 0.0618. The number of rotatable bonds is 5. The van der Waals surface area contributed by atoms with E-state index in [9.17, 15) is 4.79 Å². The average Bonchev–Trinajstić information content (AvgIpc) is 3.24. The van der Waals surface area contributed by atoms with Crippen LogP contribution in [0.2, 0.25) is 0 Å². The van der Waals surface area contributed by atoms with Gasteiger partial charge in [-0.15, -0.1) is 0 Å². The van der Waals surface area contributed by atoms with E-state index < -0.39 is 0 Å². The van der Waals surface area contributed by atoms with Crippen molar-refractivity contribution >= 4 is 11.6 Å². The number of carbonyl (C=O) groups excluding carboxylic acids is 1. The van der Waals surface area contributed by atoms with Gasteiger partial charge in [0, 0.05) is 43.5 Å². The van der Waals surface area contributed by atoms with Crippen molar-refractivity contribution in [1.29, 1.82) is 0 Å². The van der Waals surface area contributed by atoms with Gasteiger partial charge in [0.25, 0.3) is 5.91 Å². The van der Waals surface area contributed by atoms with Crippen LogP contribution >= 0.6 is 0 Å². The second kappa shape index (κ2) is 8.66. The fraction of sp³-hybridized carbons (Fsp3) is 0.320. The maximum atomic E-state index is 12.9. The summed E-state index contributed by atoms with van der Waals surface area (Å²) in [4.78, 5) is 17.2. The molecule has 5 nitrogen and oxygen atoms in total. The number of benzene rings is 2. The lowest BCUT2D eigenvalue weighted by Gasteiger charge is -2.23. The van der Waals surface area contributed by atoms with Crippen molar-refractivity contribution in [3.8, 4) is 11.3 Å². The summed E-state index contributed by atoms with van der Waals surface area (Å²) in [6.07, 6.45) is 2.88. The lowest BCUT2D eigenvalue weighted by Crippen LogP contribution is -2.33. The highest BCUT2D eigenvalue weighted by Gasteiger charge is 2.25. The molecule has 0 radical (unpaired) electrons. The van der Waals surface area contributed by atoms with Crippen molar-refractivity contribution in [3.05, 3.63) is 77.5 Å². The molecule has 1 aliphatic rings. The van der Waals surface area contributed by atoms with E-state index in [1.165, 1.54) is 5.69 Å². The third-order valence-electron chi connectivity index (χ3n) is 6.05. The van der Waals surface area contributed by atoms with E-state index >= 15 is 0 Å². The van der Waals surface area contributed by atoms with Gasteiger partial charge in [-0.2, -0.15) is 10.2 Å². The number of hydrogen-bond acceptors (Lipinski definition) is 4. The molecular formula is C25H28N4O. The first-order valence-electron chi connectivity index (χ1n) is 10.5. The Morgan fingerprint density at radius 1 is 1.10 bits per heavy atom. The zero-order chi connectivity index (χ0) is 21.1. The molecule has 2 aromatic carbocycles. The van der Waals surface area contributed by atoms with E-state index in [0.717, 1.165) is 48.4 Å². The average molecular weight is 401 g/mol. The second-order valence-corrected chi connectivity index (χ2v) is 8.20. The molecule has 0 spiro atoms. The number of aryl methyl sites for hydroxylation is 1. The van der Waals surface area contributed by atoms with E-state index in [2.05, 4.69) is 39.4 Å². The molecule has 0 N–H and O–H groups in total. The van der Waals surface area contributed by atoms with Gasteiger partial charge < -0.3 is 9.80 Å². The van der Waals surface area contributed by atoms with Gasteiger partial charge in [-0.05, 0) is 61.6 Å². The van der Waals surface area contributed by atoms with Crippen LogP contribution in [0, 0.1) is 19.8 Å². The highest BCUT2D eigenvalue weighted by Crippen LogP contribution is 2.25. The summed E-state index contributed by atoms with van der Waals surface area (Å²) in [7, 11) is 1.90. The third kappa shape index (κ3) is 4.20. The van der Waals surface area contributed by atoms with E-state index in [1.54, 1.807) is 6.20 Å². The molecule has 1 fully saturated rings. The summed E-state index contributed by atoms with van der Waals surface area (Å²) in [5.74, 6) is 0.551. The van der Waals surface area contributed by atoms with Crippen molar-refractivity contribution in [2.24, 2.45) is 5.92 Å². The Morgan fingerprint density at radius 3 is 2.57 bits per heavy atom. The van der Waals surface area contributed by atoms with Crippen LogP contribution in [0.3, 0.4) is 0 Å². The Labute approximate surface area is 178 Å². The molecule has 1 amide bonds. The molecule has 1 atom stereocenters. The Hall–Kier alpha value is -3.21. The monoisotopic (exact) mass is 400 g/mol. The number of hydrogen-bond donors (Lipinski definition) is 0. The minimum Gasteiger partial charge on any atom is -0.371 e. The van der Waals surface area contributed by atoms with Crippen LogP contribution in [0.15, 0.2) is 60.8 Å². The topological polar surface area (TPSA) is 49.3 Å². The number of aromatic nitrogens is 2. The van der Waals surface area contributed by atoms with Gasteiger partial charge in [-0.1, -0.05) is 30.3 Å². The highest BCUT2D eigenvalue weighted by molar-refractivity contribution is 5.94. The van der Waals surface area contributed by atoms with E-state index in [-0.39, 0.29) is 5.91 Å². The van der Waals surface area contributed by atoms with Gasteiger partial charge in [0.2, 0.25) is 0 Å². The van der Waals surface area contributed by atoms with Crippen LogP contribution in [0.4, 0.5) is 5.69 Å². The molecule has 1 unspecified atom stereocenters. The van der Waals surface area contributed by atoms with E-state index in [0.29, 0.717) is 11.5 Å². The Kier molecular flexibility index (Phi) is 5.79. The van der Waals surface area contributed by atoms with Crippen molar-refractivity contribution in [1.82, 2.24) is 15.1 Å². The summed E-state index contributed by atoms with van der Waals surface area (Å²) >= 11 is 0. The Bertz CT molecular complexity index is 1020. The zero-order valence-electron chi connectivity index (χ0n) is 17.9. The summed E-state index contributed by atoms with van der Waals surface area (Å²) < 4.78 is 0. The Morgan fingerprint density at radius 2 is 1.83 bits per heavy atom. The maximum Gasteiger partial charge on any atom is 0.253 e. The van der Waals surface area contributed by atoms with Crippen molar-refractivity contribution in [3.63, 3.8) is 0 Å². The summed E-state index contributed by atoms with van der Waals surface area (Å²) in [5, 5.41) is 8.33. The Balaban J connectivity index is 1.39. The number of para-hydroxylation sites is 1. The number of amides is 1. The predicted molar refractivity (Wildman–Crippen MR) is 121 cm³/mol. The molecular weight excluding hydrogens is 372 g/mol. The van der Waals surface area contributed by atoms with Gasteiger partial charge in [-0.3, -0.25) is 4.79 Å². The van der Waals surface area contributed by atoms with Gasteiger partial charge in [-0.25, -0.2) is 0 Å². The predicted octanol–water partition coefficient (Wildman–Crippen LogP) is 4.36. The smallest absolute Gasteiger partial charge is 0.253 e. The molecule has 1 saturated heterocycles. The largest absolute Gasteiger partial charge is 0.371 e. The second-order valence-electron chi connectivity index (χ2n) is 8.20. The summed E-state index contributed by atoms with van der Waals surface area (Å²) in [6.45, 7) is 6.88. The molecule has 0 aliphatic carbocycles. The molecule has 30 heavy (non-hydrogen) atoms. The van der Waals surface area contributed by atoms with Gasteiger partial charge >= 0.3 is 0 Å². The van der Waals surface area contributed by atoms with Crippen LogP contribution in [-0.2, 0) is 0 Å². The van der Waals surface area contributed by atoms with Crippen LogP contribution in [-0.4, -0.2) is 47.7 Å². The lowest BCUT2D eigenvalue weighted by atomic mass is 10.0. The van der Waals surface area contributed by atoms with Crippen LogP contribution in [0.1, 0.15) is 27.9 Å². The molecule has 0 bridgehead atoms. The first kappa shape index (κ1) is 20.1. The van der Waals surface area contributed by atoms with Crippen LogP contribution in [0.5, 0.6) is 0 Å². The minimum absolute atomic E-state index is 0.0618. The van der Waals surface area contributed by atoms with Gasteiger partial charge in [0.1, 0.15) is 0 Å². The number of nitrogens with zero attached hydrogens (tertiary/aromatic N) is 4. The van der Waals surface area contributed by atoms with Crippen molar-refractivity contribution in [2.75, 3.05) is 31.6 Å². The molecule has 154 valence electrons. The van der Waals surface area contributed by atoms with Crippen LogP contribution in [0.25, 0.3) is 11.3 Å². The molecule has 0 saturated carbocycles. The molecule has 3 aromatic rings. The zero-order valence-corrected chi connectivity index (χ0v) is 17.9. The third-order valence-corrected chi connectivity index (χ3v) is 6.05.